The molecule has 0 bridgehead atoms. The van der Waals surface area contributed by atoms with Gasteiger partial charge >= 0.3 is 0 Å². The first-order chi connectivity index (χ1) is 16.9. The minimum atomic E-state index is -0.758. The maximum atomic E-state index is 13.7. The Morgan fingerprint density at radius 3 is 2.43 bits per heavy atom. The van der Waals surface area contributed by atoms with Gasteiger partial charge in [-0.1, -0.05) is 18.2 Å². The van der Waals surface area contributed by atoms with E-state index in [0.717, 1.165) is 0 Å². The van der Waals surface area contributed by atoms with E-state index >= 15 is 0 Å². The van der Waals surface area contributed by atoms with E-state index in [1.807, 2.05) is 13.0 Å². The van der Waals surface area contributed by atoms with E-state index in [4.69, 9.17) is 13.9 Å². The third-order valence-electron chi connectivity index (χ3n) is 6.13. The summed E-state index contributed by atoms with van der Waals surface area (Å²) < 4.78 is 17.2. The highest BCUT2D eigenvalue weighted by atomic mass is 16.5. The Hall–Kier alpha value is -4.39. The van der Waals surface area contributed by atoms with Crippen molar-refractivity contribution in [3.05, 3.63) is 99.4 Å². The van der Waals surface area contributed by atoms with Crippen LogP contribution in [-0.4, -0.2) is 25.4 Å². The summed E-state index contributed by atoms with van der Waals surface area (Å²) in [5.41, 5.74) is 2.06. The molecule has 2 heterocycles. The number of amides is 1. The van der Waals surface area contributed by atoms with Gasteiger partial charge in [0.25, 0.3) is 5.91 Å². The summed E-state index contributed by atoms with van der Waals surface area (Å²) in [4.78, 5) is 40.6. The van der Waals surface area contributed by atoms with E-state index < -0.39 is 11.9 Å². The van der Waals surface area contributed by atoms with Crippen molar-refractivity contribution in [1.29, 1.82) is 0 Å². The number of fused-ring (bicyclic) bond motifs is 2. The van der Waals surface area contributed by atoms with Gasteiger partial charge in [0.2, 0.25) is 5.76 Å². The molecule has 1 aromatic heterocycles. The van der Waals surface area contributed by atoms with Crippen molar-refractivity contribution < 1.29 is 23.5 Å². The number of ether oxygens (including phenoxy) is 2. The number of ketones is 1. The zero-order valence-electron chi connectivity index (χ0n) is 19.5. The maximum Gasteiger partial charge on any atom is 0.295 e. The Morgan fingerprint density at radius 2 is 1.74 bits per heavy atom. The van der Waals surface area contributed by atoms with Gasteiger partial charge in [-0.2, -0.15) is 0 Å². The van der Waals surface area contributed by atoms with Crippen molar-refractivity contribution in [3.8, 4) is 11.5 Å². The Labute approximate surface area is 201 Å². The minimum Gasteiger partial charge on any atom is -0.493 e. The molecule has 1 aliphatic heterocycles. The number of anilines is 1. The van der Waals surface area contributed by atoms with E-state index in [-0.39, 0.29) is 22.5 Å². The fourth-order valence-electron chi connectivity index (χ4n) is 4.49. The van der Waals surface area contributed by atoms with Crippen molar-refractivity contribution in [3.63, 3.8) is 0 Å². The summed E-state index contributed by atoms with van der Waals surface area (Å²) in [6, 6.07) is 18.2. The molecule has 0 spiro atoms. The molecular formula is C28H23NO6. The molecule has 0 N–H and O–H groups in total. The quantitative estimate of drug-likeness (QED) is 0.363. The van der Waals surface area contributed by atoms with Crippen molar-refractivity contribution in [2.75, 3.05) is 18.6 Å². The van der Waals surface area contributed by atoms with Gasteiger partial charge in [-0.05, 0) is 67.9 Å². The largest absolute Gasteiger partial charge is 0.493 e. The van der Waals surface area contributed by atoms with Crippen molar-refractivity contribution in [2.24, 2.45) is 0 Å². The van der Waals surface area contributed by atoms with Crippen LogP contribution in [-0.2, 0) is 0 Å². The van der Waals surface area contributed by atoms with Crippen LogP contribution in [0.5, 0.6) is 11.5 Å². The number of carbonyl (C=O) groups excluding carboxylic acids is 2. The molecule has 3 aromatic carbocycles. The average Bonchev–Trinajstić information content (AvgIpc) is 3.17. The number of rotatable bonds is 6. The number of carbonyl (C=O) groups is 2. The first-order valence-corrected chi connectivity index (χ1v) is 11.3. The van der Waals surface area contributed by atoms with Crippen LogP contribution in [0.1, 0.15) is 51.9 Å². The number of benzene rings is 3. The van der Waals surface area contributed by atoms with Gasteiger partial charge in [-0.15, -0.1) is 0 Å². The molecular weight excluding hydrogens is 446 g/mol. The molecule has 0 aliphatic carbocycles. The fraction of sp³-hybridized carbons (Fsp3) is 0.179. The van der Waals surface area contributed by atoms with Crippen LogP contribution < -0.4 is 19.8 Å². The SMILES string of the molecule is CCOc1ccc(C2c3c(oc4ccccc4c3=O)C(=O)N2c2ccc(C(C)=O)cc2)cc1OC. The number of methoxy groups -OCH3 is 1. The van der Waals surface area contributed by atoms with Gasteiger partial charge in [0.15, 0.2) is 22.7 Å². The molecule has 5 rings (SSSR count). The molecule has 1 atom stereocenters. The monoisotopic (exact) mass is 469 g/mol. The summed E-state index contributed by atoms with van der Waals surface area (Å²) in [5.74, 6) is 0.537. The normalized spacial score (nSPS) is 14.8. The van der Waals surface area contributed by atoms with Crippen LogP contribution in [0.4, 0.5) is 5.69 Å². The van der Waals surface area contributed by atoms with E-state index in [2.05, 4.69) is 0 Å². The fourth-order valence-corrected chi connectivity index (χ4v) is 4.49. The Balaban J connectivity index is 1.75. The van der Waals surface area contributed by atoms with Crippen molar-refractivity contribution >= 4 is 28.3 Å². The van der Waals surface area contributed by atoms with Gasteiger partial charge in [-0.25, -0.2) is 0 Å². The van der Waals surface area contributed by atoms with Gasteiger partial charge in [0, 0.05) is 11.3 Å². The van der Waals surface area contributed by atoms with Crippen molar-refractivity contribution in [1.82, 2.24) is 0 Å². The molecule has 176 valence electrons. The lowest BCUT2D eigenvalue weighted by molar-refractivity contribution is 0.0970. The molecule has 1 amide bonds. The summed E-state index contributed by atoms with van der Waals surface area (Å²) >= 11 is 0. The predicted molar refractivity (Wildman–Crippen MR) is 132 cm³/mol. The van der Waals surface area contributed by atoms with Gasteiger partial charge in [0.1, 0.15) is 5.58 Å². The molecule has 0 saturated carbocycles. The van der Waals surface area contributed by atoms with Crippen LogP contribution in [0.25, 0.3) is 11.0 Å². The molecule has 7 heteroatoms. The zero-order chi connectivity index (χ0) is 24.7. The lowest BCUT2D eigenvalue weighted by Gasteiger charge is -2.26. The van der Waals surface area contributed by atoms with E-state index in [0.29, 0.717) is 45.9 Å². The van der Waals surface area contributed by atoms with E-state index in [9.17, 15) is 14.4 Å². The molecule has 0 fully saturated rings. The highest BCUT2D eigenvalue weighted by Gasteiger charge is 2.44. The topological polar surface area (TPSA) is 86.0 Å². The Kier molecular flexibility index (Phi) is 5.61. The molecule has 4 aromatic rings. The summed E-state index contributed by atoms with van der Waals surface area (Å²) in [6.45, 7) is 3.82. The second-order valence-corrected chi connectivity index (χ2v) is 8.19. The first-order valence-electron chi connectivity index (χ1n) is 11.3. The van der Waals surface area contributed by atoms with Crippen LogP contribution in [0, 0.1) is 0 Å². The maximum absolute atomic E-state index is 13.7. The zero-order valence-corrected chi connectivity index (χ0v) is 19.5. The van der Waals surface area contributed by atoms with E-state index in [1.165, 1.54) is 18.9 Å². The lowest BCUT2D eigenvalue weighted by Crippen LogP contribution is -2.29. The van der Waals surface area contributed by atoms with Crippen LogP contribution >= 0.6 is 0 Å². The lowest BCUT2D eigenvalue weighted by atomic mass is 9.97. The molecule has 0 saturated heterocycles. The van der Waals surface area contributed by atoms with Gasteiger partial charge in [-0.3, -0.25) is 19.3 Å². The highest BCUT2D eigenvalue weighted by Crippen LogP contribution is 2.43. The van der Waals surface area contributed by atoms with Crippen molar-refractivity contribution in [2.45, 2.75) is 19.9 Å². The summed E-state index contributed by atoms with van der Waals surface area (Å²) in [5, 5.41) is 0.399. The van der Waals surface area contributed by atoms with Crippen LogP contribution in [0.15, 0.2) is 75.9 Å². The molecule has 7 nitrogen and oxygen atoms in total. The number of hydrogen-bond acceptors (Lipinski definition) is 6. The number of para-hydroxylation sites is 1. The Morgan fingerprint density at radius 1 is 1.00 bits per heavy atom. The molecule has 1 unspecified atom stereocenters. The molecule has 35 heavy (non-hydrogen) atoms. The highest BCUT2D eigenvalue weighted by molar-refractivity contribution is 6.11. The third-order valence-corrected chi connectivity index (χ3v) is 6.13. The first kappa shape index (κ1) is 22.4. The van der Waals surface area contributed by atoms with Crippen LogP contribution in [0.2, 0.25) is 0 Å². The smallest absolute Gasteiger partial charge is 0.295 e. The number of hydrogen-bond donors (Lipinski definition) is 0. The number of nitrogens with zero attached hydrogens (tertiary/aromatic N) is 1. The van der Waals surface area contributed by atoms with E-state index in [1.54, 1.807) is 60.7 Å². The summed E-state index contributed by atoms with van der Waals surface area (Å²) in [6.07, 6.45) is 0. The predicted octanol–water partition coefficient (Wildman–Crippen LogP) is 5.15. The molecule has 1 aliphatic rings. The second kappa shape index (κ2) is 8.76. The van der Waals surface area contributed by atoms with Crippen LogP contribution in [0.3, 0.4) is 0 Å². The van der Waals surface area contributed by atoms with Gasteiger partial charge in [0.05, 0.1) is 30.7 Å². The third kappa shape index (κ3) is 3.65. The van der Waals surface area contributed by atoms with Gasteiger partial charge < -0.3 is 13.9 Å². The average molecular weight is 469 g/mol. The second-order valence-electron chi connectivity index (χ2n) is 8.19. The number of Topliss-reactive ketones (excluding diaryl/α,β-unsaturated/α-hetero) is 1. The standard InChI is InChI=1S/C28H23NO6/c1-4-34-22-14-11-18(15-23(22)33-3)25-24-26(31)20-7-5-6-8-21(20)35-27(24)28(32)29(25)19-12-9-17(10-13-19)16(2)30/h5-15,25H,4H2,1-3H3. The minimum absolute atomic E-state index is 0.00203. The Bertz CT molecular complexity index is 1520. The summed E-state index contributed by atoms with van der Waals surface area (Å²) in [7, 11) is 1.54. The molecule has 0 radical (unpaired) electrons.